The summed E-state index contributed by atoms with van der Waals surface area (Å²) in [6, 6.07) is 17.3. The first-order chi connectivity index (χ1) is 14.3. The number of rotatable bonds is 5. The zero-order valence-electron chi connectivity index (χ0n) is 17.0. The molecule has 4 rings (SSSR count). The first-order valence-electron chi connectivity index (χ1n) is 9.87. The van der Waals surface area contributed by atoms with Gasteiger partial charge in [-0.2, -0.15) is 0 Å². The summed E-state index contributed by atoms with van der Waals surface area (Å²) >= 11 is 0. The number of carbonyl (C=O) groups excluding carboxylic acids is 2. The van der Waals surface area contributed by atoms with Gasteiger partial charge in [-0.3, -0.25) is 0 Å². The molecule has 5 atom stereocenters. The summed E-state index contributed by atoms with van der Waals surface area (Å²) in [5, 5.41) is 0. The van der Waals surface area contributed by atoms with Gasteiger partial charge in [-0.1, -0.05) is 36.4 Å². The number of benzene rings is 2. The quantitative estimate of drug-likeness (QED) is 0.697. The molecule has 7 heteroatoms. The number of fused-ring (bicyclic) bond motifs is 1. The minimum atomic E-state index is -0.873. The van der Waals surface area contributed by atoms with Crippen LogP contribution in [0.1, 0.15) is 41.5 Å². The number of hydrogen-bond acceptors (Lipinski definition) is 7. The average molecular weight is 412 g/mol. The van der Waals surface area contributed by atoms with Crippen molar-refractivity contribution in [2.75, 3.05) is 0 Å². The number of esters is 2. The van der Waals surface area contributed by atoms with E-state index in [1.165, 1.54) is 0 Å². The highest BCUT2D eigenvalue weighted by molar-refractivity contribution is 5.90. The zero-order valence-corrected chi connectivity index (χ0v) is 17.0. The monoisotopic (exact) mass is 412 g/mol. The molecule has 0 N–H and O–H groups in total. The van der Waals surface area contributed by atoms with Crippen LogP contribution in [0.25, 0.3) is 0 Å². The standard InChI is InChI=1S/C23H24O7/c1-14(26-20(24)15-10-6-4-7-11-15)17-18(19-22(28-17)30-23(2,3)29-19)27-21(25)16-12-8-5-9-13-16/h4-14,17-19,22H,1-3H3/t14-,17-,18-,19-,22-/m1/s1. The molecule has 0 amide bonds. The Hall–Kier alpha value is -2.74. The maximum atomic E-state index is 12.7. The molecular weight excluding hydrogens is 388 g/mol. The Morgan fingerprint density at radius 1 is 0.900 bits per heavy atom. The van der Waals surface area contributed by atoms with E-state index in [4.69, 9.17) is 23.7 Å². The van der Waals surface area contributed by atoms with Gasteiger partial charge in [0.25, 0.3) is 0 Å². The molecule has 0 radical (unpaired) electrons. The van der Waals surface area contributed by atoms with Crippen molar-refractivity contribution >= 4 is 11.9 Å². The molecule has 0 aromatic heterocycles. The summed E-state index contributed by atoms with van der Waals surface area (Å²) in [6.07, 6.45) is -3.60. The van der Waals surface area contributed by atoms with Crippen LogP contribution in [0.5, 0.6) is 0 Å². The van der Waals surface area contributed by atoms with Crippen molar-refractivity contribution < 1.29 is 33.3 Å². The van der Waals surface area contributed by atoms with Crippen LogP contribution < -0.4 is 0 Å². The summed E-state index contributed by atoms with van der Waals surface area (Å²) in [5.41, 5.74) is 0.834. The van der Waals surface area contributed by atoms with Crippen LogP contribution in [-0.2, 0) is 23.7 Å². The van der Waals surface area contributed by atoms with Crippen LogP contribution in [0.2, 0.25) is 0 Å². The Kier molecular flexibility index (Phi) is 5.60. The maximum Gasteiger partial charge on any atom is 0.338 e. The maximum absolute atomic E-state index is 12.7. The summed E-state index contributed by atoms with van der Waals surface area (Å²) in [4.78, 5) is 25.1. The van der Waals surface area contributed by atoms with Crippen LogP contribution in [0, 0.1) is 0 Å². The van der Waals surface area contributed by atoms with Gasteiger partial charge in [0.2, 0.25) is 0 Å². The van der Waals surface area contributed by atoms with Crippen LogP contribution in [0.15, 0.2) is 60.7 Å². The molecule has 2 heterocycles. The lowest BCUT2D eigenvalue weighted by Gasteiger charge is -2.28. The Morgan fingerprint density at radius 2 is 1.47 bits per heavy atom. The van der Waals surface area contributed by atoms with Gasteiger partial charge in [-0.25, -0.2) is 9.59 Å². The molecule has 0 aliphatic carbocycles. The summed E-state index contributed by atoms with van der Waals surface area (Å²) in [5.74, 6) is -1.87. The third-order valence-corrected chi connectivity index (χ3v) is 5.04. The third-order valence-electron chi connectivity index (χ3n) is 5.04. The molecule has 2 aliphatic rings. The van der Waals surface area contributed by atoms with Gasteiger partial charge in [0.05, 0.1) is 11.1 Å². The number of carbonyl (C=O) groups is 2. The van der Waals surface area contributed by atoms with Crippen molar-refractivity contribution in [3.63, 3.8) is 0 Å². The van der Waals surface area contributed by atoms with Gasteiger partial charge in [0, 0.05) is 0 Å². The largest absolute Gasteiger partial charge is 0.456 e. The fourth-order valence-corrected chi connectivity index (χ4v) is 3.66. The highest BCUT2D eigenvalue weighted by atomic mass is 16.8. The van der Waals surface area contributed by atoms with E-state index in [0.717, 1.165) is 0 Å². The number of ether oxygens (including phenoxy) is 5. The average Bonchev–Trinajstić information content (AvgIpc) is 3.21. The minimum Gasteiger partial charge on any atom is -0.456 e. The van der Waals surface area contributed by atoms with Gasteiger partial charge in [0.1, 0.15) is 12.2 Å². The van der Waals surface area contributed by atoms with Crippen LogP contribution >= 0.6 is 0 Å². The van der Waals surface area contributed by atoms with E-state index in [1.807, 2.05) is 12.1 Å². The normalized spacial score (nSPS) is 27.8. The molecule has 2 aromatic carbocycles. The fraction of sp³-hybridized carbons (Fsp3) is 0.391. The Balaban J connectivity index is 1.51. The second-order valence-corrected chi connectivity index (χ2v) is 7.78. The molecule has 158 valence electrons. The molecule has 0 bridgehead atoms. The van der Waals surface area contributed by atoms with Crippen LogP contribution in [0.3, 0.4) is 0 Å². The van der Waals surface area contributed by atoms with Crippen LogP contribution in [-0.4, -0.2) is 48.4 Å². The zero-order chi connectivity index (χ0) is 21.3. The van der Waals surface area contributed by atoms with E-state index in [1.54, 1.807) is 69.3 Å². The molecule has 7 nitrogen and oxygen atoms in total. The van der Waals surface area contributed by atoms with E-state index in [2.05, 4.69) is 0 Å². The van der Waals surface area contributed by atoms with Crippen LogP contribution in [0.4, 0.5) is 0 Å². The van der Waals surface area contributed by atoms with E-state index in [0.29, 0.717) is 11.1 Å². The van der Waals surface area contributed by atoms with Crippen molar-refractivity contribution in [2.24, 2.45) is 0 Å². The van der Waals surface area contributed by atoms with Gasteiger partial charge in [-0.15, -0.1) is 0 Å². The predicted octanol–water partition coefficient (Wildman–Crippen LogP) is 3.33. The van der Waals surface area contributed by atoms with Crippen molar-refractivity contribution in [1.82, 2.24) is 0 Å². The van der Waals surface area contributed by atoms with Crippen molar-refractivity contribution in [2.45, 2.75) is 57.3 Å². The topological polar surface area (TPSA) is 80.3 Å². The predicted molar refractivity (Wildman–Crippen MR) is 106 cm³/mol. The molecule has 2 fully saturated rings. The molecule has 2 aliphatic heterocycles. The second kappa shape index (κ2) is 8.18. The van der Waals surface area contributed by atoms with Crippen molar-refractivity contribution in [3.8, 4) is 0 Å². The molecule has 2 saturated heterocycles. The van der Waals surface area contributed by atoms with Gasteiger partial charge in [0.15, 0.2) is 24.3 Å². The highest BCUT2D eigenvalue weighted by Crippen LogP contribution is 2.40. The summed E-state index contributed by atoms with van der Waals surface area (Å²) in [6.45, 7) is 5.22. The lowest BCUT2D eigenvalue weighted by Crippen LogP contribution is -2.44. The molecule has 0 saturated carbocycles. The van der Waals surface area contributed by atoms with Gasteiger partial charge >= 0.3 is 11.9 Å². The smallest absolute Gasteiger partial charge is 0.338 e. The minimum absolute atomic E-state index is 0.409. The molecule has 2 aromatic rings. The third kappa shape index (κ3) is 4.23. The molecular formula is C23H24O7. The first-order valence-corrected chi connectivity index (χ1v) is 9.87. The molecule has 0 spiro atoms. The van der Waals surface area contributed by atoms with Gasteiger partial charge < -0.3 is 23.7 Å². The summed E-state index contributed by atoms with van der Waals surface area (Å²) in [7, 11) is 0. The number of hydrogen-bond donors (Lipinski definition) is 0. The Bertz CT molecular complexity index is 896. The molecule has 30 heavy (non-hydrogen) atoms. The highest BCUT2D eigenvalue weighted by Gasteiger charge is 2.58. The lowest BCUT2D eigenvalue weighted by molar-refractivity contribution is -0.224. The Morgan fingerprint density at radius 3 is 2.07 bits per heavy atom. The van der Waals surface area contributed by atoms with Crippen molar-refractivity contribution in [1.29, 1.82) is 0 Å². The van der Waals surface area contributed by atoms with Gasteiger partial charge in [-0.05, 0) is 45.0 Å². The van der Waals surface area contributed by atoms with E-state index in [-0.39, 0.29) is 0 Å². The van der Waals surface area contributed by atoms with E-state index < -0.39 is 48.4 Å². The van der Waals surface area contributed by atoms with E-state index >= 15 is 0 Å². The van der Waals surface area contributed by atoms with Crippen molar-refractivity contribution in [3.05, 3.63) is 71.8 Å². The first kappa shape index (κ1) is 20.5. The van der Waals surface area contributed by atoms with E-state index in [9.17, 15) is 9.59 Å². The lowest BCUT2D eigenvalue weighted by atomic mass is 10.1. The summed E-state index contributed by atoms with van der Waals surface area (Å²) < 4.78 is 29.0. The second-order valence-electron chi connectivity index (χ2n) is 7.78. The SMILES string of the molecule is C[C@@H](OC(=O)c1ccccc1)[C@H]1O[C@@H]2OC(C)(C)O[C@@H]2[C@@H]1OC(=O)c1ccccc1. The Labute approximate surface area is 174 Å². The molecule has 0 unspecified atom stereocenters. The fourth-order valence-electron chi connectivity index (χ4n) is 3.66.